The minimum absolute atomic E-state index is 0.366. The summed E-state index contributed by atoms with van der Waals surface area (Å²) in [7, 11) is 0. The lowest BCUT2D eigenvalue weighted by Crippen LogP contribution is -2.44. The maximum absolute atomic E-state index is 12.0. The highest BCUT2D eigenvalue weighted by Gasteiger charge is 2.12. The normalized spacial score (nSPS) is 13.3. The first kappa shape index (κ1) is 12.6. The van der Waals surface area contributed by atoms with Gasteiger partial charge in [-0.05, 0) is 24.3 Å². The Morgan fingerprint density at radius 2 is 1.86 bits per heavy atom. The van der Waals surface area contributed by atoms with Crippen LogP contribution in [0.4, 0.5) is 17.1 Å². The third kappa shape index (κ3) is 2.21. The van der Waals surface area contributed by atoms with E-state index < -0.39 is 0 Å². The second kappa shape index (κ2) is 5.01. The lowest BCUT2D eigenvalue weighted by Gasteiger charge is -2.36. The van der Waals surface area contributed by atoms with Crippen molar-refractivity contribution in [2.45, 2.75) is 0 Å². The Balaban J connectivity index is 1.67. The Labute approximate surface area is 126 Å². The molecule has 6 heteroatoms. The molecule has 1 aromatic heterocycles. The first-order chi connectivity index (χ1) is 10.8. The Morgan fingerprint density at radius 1 is 1.05 bits per heavy atom. The zero-order valence-corrected chi connectivity index (χ0v) is 11.5. The first-order valence-corrected chi connectivity index (χ1v) is 6.83. The fourth-order valence-electron chi connectivity index (χ4n) is 2.36. The molecule has 0 atom stereocenters. The Bertz CT molecular complexity index is 877. The van der Waals surface area contributed by atoms with Gasteiger partial charge in [0.15, 0.2) is 0 Å². The molecule has 0 radical (unpaired) electrons. The van der Waals surface area contributed by atoms with Crippen molar-refractivity contribution in [1.29, 1.82) is 0 Å². The van der Waals surface area contributed by atoms with Crippen LogP contribution in [0, 0.1) is 5.21 Å². The number of hydrazine groups is 1. The standard InChI is InChI=1S/C16H12N5O/c22-21-15-8-4-3-7-14(15)19-16(20-21)18-12-9-11-5-1-2-6-13(11)17-10-12/h1-10H,(H2,18,19,20)/q-1. The van der Waals surface area contributed by atoms with E-state index in [1.54, 1.807) is 24.4 Å². The van der Waals surface area contributed by atoms with Crippen LogP contribution < -0.4 is 15.9 Å². The molecule has 0 fully saturated rings. The largest absolute Gasteiger partial charge is 0.739 e. The van der Waals surface area contributed by atoms with E-state index in [-0.39, 0.29) is 0 Å². The second-order valence-corrected chi connectivity index (χ2v) is 4.90. The number of hydrogen-bond donors (Lipinski definition) is 2. The summed E-state index contributed by atoms with van der Waals surface area (Å²) in [6.45, 7) is 0. The number of guanidine groups is 1. The smallest absolute Gasteiger partial charge is 0.219 e. The molecule has 0 aliphatic carbocycles. The summed E-state index contributed by atoms with van der Waals surface area (Å²) in [4.78, 5) is 8.77. The van der Waals surface area contributed by atoms with Gasteiger partial charge >= 0.3 is 0 Å². The van der Waals surface area contributed by atoms with Gasteiger partial charge in [0, 0.05) is 5.39 Å². The van der Waals surface area contributed by atoms with Crippen LogP contribution in [0.1, 0.15) is 0 Å². The van der Waals surface area contributed by atoms with Crippen molar-refractivity contribution in [3.05, 3.63) is 66.0 Å². The number of aliphatic imine (C=N–C) groups is 1. The number of hydrogen-bond acceptors (Lipinski definition) is 6. The summed E-state index contributed by atoms with van der Waals surface area (Å²) in [6, 6.07) is 16.9. The van der Waals surface area contributed by atoms with Crippen molar-refractivity contribution in [3.63, 3.8) is 0 Å². The van der Waals surface area contributed by atoms with E-state index in [0.717, 1.165) is 16.6 Å². The van der Waals surface area contributed by atoms with E-state index in [1.165, 1.54) is 0 Å². The van der Waals surface area contributed by atoms with Crippen molar-refractivity contribution in [2.75, 3.05) is 10.5 Å². The third-order valence-electron chi connectivity index (χ3n) is 3.39. The lowest BCUT2D eigenvalue weighted by atomic mass is 10.2. The molecule has 22 heavy (non-hydrogen) atoms. The molecule has 2 heterocycles. The van der Waals surface area contributed by atoms with Crippen molar-refractivity contribution in [2.24, 2.45) is 4.99 Å². The Kier molecular flexibility index (Phi) is 2.87. The molecule has 6 nitrogen and oxygen atoms in total. The lowest BCUT2D eigenvalue weighted by molar-refractivity contribution is 0.907. The summed E-state index contributed by atoms with van der Waals surface area (Å²) >= 11 is 0. The number of nitrogens with zero attached hydrogens (tertiary/aromatic N) is 3. The van der Waals surface area contributed by atoms with Crippen LogP contribution in [0.15, 0.2) is 65.8 Å². The summed E-state index contributed by atoms with van der Waals surface area (Å²) in [5, 5.41) is 16.8. The van der Waals surface area contributed by atoms with E-state index >= 15 is 0 Å². The molecular formula is C16H12N5O-. The minimum Gasteiger partial charge on any atom is -0.739 e. The number of para-hydroxylation sites is 3. The summed E-state index contributed by atoms with van der Waals surface area (Å²) in [5.41, 5.74) is 5.45. The topological polar surface area (TPSA) is 75.6 Å². The molecule has 4 rings (SSSR count). The zero-order chi connectivity index (χ0) is 14.9. The maximum Gasteiger partial charge on any atom is 0.219 e. The monoisotopic (exact) mass is 290 g/mol. The Hall–Kier alpha value is -3.12. The maximum atomic E-state index is 12.0. The summed E-state index contributed by atoms with van der Waals surface area (Å²) in [6.07, 6.45) is 1.71. The molecule has 0 saturated heterocycles. The number of anilines is 2. The predicted octanol–water partition coefficient (Wildman–Crippen LogP) is 3.16. The van der Waals surface area contributed by atoms with E-state index in [4.69, 9.17) is 0 Å². The zero-order valence-electron chi connectivity index (χ0n) is 11.5. The third-order valence-corrected chi connectivity index (χ3v) is 3.39. The molecule has 0 saturated carbocycles. The number of nitrogens with one attached hydrogen (secondary N) is 2. The van der Waals surface area contributed by atoms with Gasteiger partial charge < -0.3 is 15.7 Å². The van der Waals surface area contributed by atoms with Crippen LogP contribution in [0.3, 0.4) is 0 Å². The van der Waals surface area contributed by atoms with Gasteiger partial charge in [-0.3, -0.25) is 10.4 Å². The van der Waals surface area contributed by atoms with Gasteiger partial charge in [-0.15, -0.1) is 0 Å². The molecule has 3 aromatic rings. The fourth-order valence-corrected chi connectivity index (χ4v) is 2.36. The summed E-state index contributed by atoms with van der Waals surface area (Å²) < 4.78 is 0. The van der Waals surface area contributed by atoms with Crippen molar-refractivity contribution in [1.82, 2.24) is 10.4 Å². The predicted molar refractivity (Wildman–Crippen MR) is 87.9 cm³/mol. The van der Waals surface area contributed by atoms with E-state index in [0.29, 0.717) is 22.5 Å². The van der Waals surface area contributed by atoms with E-state index in [9.17, 15) is 5.21 Å². The van der Waals surface area contributed by atoms with Crippen LogP contribution >= 0.6 is 0 Å². The minimum atomic E-state index is 0.366. The number of fused-ring (bicyclic) bond motifs is 2. The molecule has 0 bridgehead atoms. The SMILES string of the molecule is [O-]N1NC(Nc2cnc3ccccc3c2)=Nc2ccccc21. The average molecular weight is 290 g/mol. The molecule has 108 valence electrons. The van der Waals surface area contributed by atoms with Gasteiger partial charge in [0.25, 0.3) is 0 Å². The molecule has 1 aliphatic rings. The quantitative estimate of drug-likeness (QED) is 0.720. The van der Waals surface area contributed by atoms with Gasteiger partial charge in [0.2, 0.25) is 5.96 Å². The highest BCUT2D eigenvalue weighted by atomic mass is 16.5. The second-order valence-electron chi connectivity index (χ2n) is 4.90. The van der Waals surface area contributed by atoms with Gasteiger partial charge in [0.1, 0.15) is 0 Å². The van der Waals surface area contributed by atoms with Gasteiger partial charge in [-0.2, -0.15) is 0 Å². The van der Waals surface area contributed by atoms with E-state index in [1.807, 2.05) is 36.4 Å². The van der Waals surface area contributed by atoms with Crippen LogP contribution in [-0.2, 0) is 0 Å². The molecule has 0 spiro atoms. The fraction of sp³-hybridized carbons (Fsp3) is 0. The van der Waals surface area contributed by atoms with Crippen LogP contribution in [0.25, 0.3) is 10.9 Å². The van der Waals surface area contributed by atoms with Crippen LogP contribution in [-0.4, -0.2) is 10.9 Å². The highest BCUT2D eigenvalue weighted by molar-refractivity contribution is 6.00. The van der Waals surface area contributed by atoms with Crippen LogP contribution in [0.2, 0.25) is 0 Å². The number of rotatable bonds is 1. The van der Waals surface area contributed by atoms with Gasteiger partial charge in [-0.25, -0.2) is 4.99 Å². The first-order valence-electron chi connectivity index (χ1n) is 6.83. The number of pyridine rings is 1. The molecule has 2 aromatic carbocycles. The molecule has 2 N–H and O–H groups in total. The van der Waals surface area contributed by atoms with Crippen molar-refractivity contribution < 1.29 is 0 Å². The number of aromatic nitrogens is 1. The van der Waals surface area contributed by atoms with Crippen molar-refractivity contribution in [3.8, 4) is 0 Å². The Morgan fingerprint density at radius 3 is 2.82 bits per heavy atom. The molecule has 0 amide bonds. The number of benzene rings is 2. The van der Waals surface area contributed by atoms with Gasteiger partial charge in [0.05, 0.1) is 28.8 Å². The average Bonchev–Trinajstić information content (AvgIpc) is 2.55. The highest BCUT2D eigenvalue weighted by Crippen LogP contribution is 2.29. The molecule has 0 unspecified atom stereocenters. The van der Waals surface area contributed by atoms with Crippen molar-refractivity contribution >= 4 is 33.9 Å². The van der Waals surface area contributed by atoms with Gasteiger partial charge in [-0.1, -0.05) is 30.3 Å². The summed E-state index contributed by atoms with van der Waals surface area (Å²) in [5.74, 6) is 0.366. The molecule has 1 aliphatic heterocycles. The van der Waals surface area contributed by atoms with E-state index in [2.05, 4.69) is 20.7 Å². The molecular weight excluding hydrogens is 278 g/mol. The van der Waals surface area contributed by atoms with Crippen LogP contribution in [0.5, 0.6) is 0 Å².